The zero-order valence-corrected chi connectivity index (χ0v) is 27.2. The van der Waals surface area contributed by atoms with Crippen molar-refractivity contribution in [3.63, 3.8) is 0 Å². The van der Waals surface area contributed by atoms with Crippen molar-refractivity contribution in [2.45, 2.75) is 89.9 Å². The molecule has 1 aromatic carbocycles. The van der Waals surface area contributed by atoms with E-state index in [2.05, 4.69) is 28.8 Å². The molecule has 0 bridgehead atoms. The summed E-state index contributed by atoms with van der Waals surface area (Å²) in [5.74, 6) is 0.930. The molecule has 0 spiro atoms. The van der Waals surface area contributed by atoms with E-state index in [4.69, 9.17) is 14.0 Å². The van der Waals surface area contributed by atoms with E-state index in [-0.39, 0.29) is 58.2 Å². The standard InChI is InChI=1S/C31H48N4O7S/c1-20-16-35(21(2)19-36)31(37)27-15-26(33-43(38,39)30-23(4)32-42-24(30)5)12-13-28(27)41-22(3)9-7-8-14-40-29(20)18-34(6)17-25-10-11-25/h12-13,15,20-22,25,29,33,36H,7-11,14,16-19H2,1-6H3/t20-,21+,22-,29-/m0/s1. The van der Waals surface area contributed by atoms with Crippen LogP contribution in [-0.4, -0.2) is 92.5 Å². The van der Waals surface area contributed by atoms with Gasteiger partial charge in [-0.15, -0.1) is 0 Å². The maximum absolute atomic E-state index is 14.3. The number of aliphatic hydroxyl groups excluding tert-OH is 1. The number of amides is 1. The second-order valence-corrected chi connectivity index (χ2v) is 14.1. The van der Waals surface area contributed by atoms with E-state index in [1.807, 2.05) is 6.92 Å². The Balaban J connectivity index is 1.67. The first-order chi connectivity index (χ1) is 20.4. The highest BCUT2D eigenvalue weighted by Crippen LogP contribution is 2.31. The van der Waals surface area contributed by atoms with Gasteiger partial charge in [0.15, 0.2) is 10.7 Å². The minimum Gasteiger partial charge on any atom is -0.490 e. The van der Waals surface area contributed by atoms with Crippen LogP contribution in [0.2, 0.25) is 0 Å². The second kappa shape index (κ2) is 14.4. The highest BCUT2D eigenvalue weighted by molar-refractivity contribution is 7.92. The lowest BCUT2D eigenvalue weighted by Crippen LogP contribution is -2.47. The number of nitrogens with zero attached hydrogens (tertiary/aromatic N) is 3. The highest BCUT2D eigenvalue weighted by Gasteiger charge is 2.32. The zero-order valence-electron chi connectivity index (χ0n) is 26.3. The van der Waals surface area contributed by atoms with Crippen molar-refractivity contribution >= 4 is 21.6 Å². The lowest BCUT2D eigenvalue weighted by atomic mass is 10.0. The fourth-order valence-corrected chi connectivity index (χ4v) is 7.02. The van der Waals surface area contributed by atoms with Gasteiger partial charge in [-0.05, 0) is 91.0 Å². The van der Waals surface area contributed by atoms with Gasteiger partial charge < -0.3 is 28.9 Å². The fraction of sp³-hybridized carbons (Fsp3) is 0.677. The Morgan fingerprint density at radius 2 is 1.91 bits per heavy atom. The normalized spacial score (nSPS) is 23.4. The predicted octanol–water partition coefficient (Wildman–Crippen LogP) is 4.23. The van der Waals surface area contributed by atoms with Crippen LogP contribution in [0.15, 0.2) is 27.6 Å². The van der Waals surface area contributed by atoms with Gasteiger partial charge in [0, 0.05) is 37.8 Å². The highest BCUT2D eigenvalue weighted by atomic mass is 32.2. The van der Waals surface area contributed by atoms with Gasteiger partial charge in [0.25, 0.3) is 15.9 Å². The van der Waals surface area contributed by atoms with Gasteiger partial charge in [0.2, 0.25) is 0 Å². The average molecular weight is 621 g/mol. The molecule has 0 unspecified atom stereocenters. The number of rotatable bonds is 9. The number of nitrogens with one attached hydrogen (secondary N) is 1. The summed E-state index contributed by atoms with van der Waals surface area (Å²) in [6.45, 7) is 11.5. The lowest BCUT2D eigenvalue weighted by molar-refractivity contribution is -0.0172. The molecule has 1 aliphatic heterocycles. The molecule has 0 saturated heterocycles. The molecule has 2 aromatic rings. The van der Waals surface area contributed by atoms with Crippen molar-refractivity contribution in [1.82, 2.24) is 15.0 Å². The molecule has 1 saturated carbocycles. The summed E-state index contributed by atoms with van der Waals surface area (Å²) < 4.78 is 46.8. The molecular weight excluding hydrogens is 572 g/mol. The van der Waals surface area contributed by atoms with E-state index in [1.54, 1.807) is 30.9 Å². The summed E-state index contributed by atoms with van der Waals surface area (Å²) in [5, 5.41) is 13.9. The molecule has 2 aliphatic rings. The first-order valence-corrected chi connectivity index (χ1v) is 16.9. The minimum absolute atomic E-state index is 0.0212. The quantitative estimate of drug-likeness (QED) is 0.422. The van der Waals surface area contributed by atoms with Crippen LogP contribution < -0.4 is 9.46 Å². The number of fused-ring (bicyclic) bond motifs is 1. The van der Waals surface area contributed by atoms with Crippen molar-refractivity contribution in [2.75, 3.05) is 44.6 Å². The Morgan fingerprint density at radius 3 is 2.56 bits per heavy atom. The van der Waals surface area contributed by atoms with Gasteiger partial charge in [0.1, 0.15) is 11.4 Å². The Bertz CT molecular complexity index is 1320. The molecule has 1 aromatic heterocycles. The maximum atomic E-state index is 14.3. The van der Waals surface area contributed by atoms with Crippen LogP contribution in [0.25, 0.3) is 0 Å². The Labute approximate surface area is 255 Å². The van der Waals surface area contributed by atoms with Crippen LogP contribution in [0, 0.1) is 25.7 Å². The van der Waals surface area contributed by atoms with Gasteiger partial charge in [-0.25, -0.2) is 8.42 Å². The number of carbonyl (C=O) groups is 1. The number of aryl methyl sites for hydroxylation is 2. The van der Waals surface area contributed by atoms with Crippen LogP contribution in [-0.2, 0) is 14.8 Å². The van der Waals surface area contributed by atoms with E-state index in [0.29, 0.717) is 18.9 Å². The number of anilines is 1. The SMILES string of the molecule is Cc1noc(C)c1S(=O)(=O)Nc1ccc2c(c1)C(=O)N([C@H](C)CO)C[C@H](C)[C@H](CN(C)CC1CC1)OCCCC[C@H](C)O2. The Hall–Kier alpha value is -2.67. The van der Waals surface area contributed by atoms with Gasteiger partial charge >= 0.3 is 0 Å². The van der Waals surface area contributed by atoms with Crippen LogP contribution >= 0.6 is 0 Å². The van der Waals surface area contributed by atoms with Gasteiger partial charge in [-0.1, -0.05) is 12.1 Å². The monoisotopic (exact) mass is 620 g/mol. The number of ether oxygens (including phenoxy) is 2. The molecular formula is C31H48N4O7S. The largest absolute Gasteiger partial charge is 0.490 e. The van der Waals surface area contributed by atoms with Crippen LogP contribution in [0.5, 0.6) is 5.75 Å². The number of hydrogen-bond acceptors (Lipinski definition) is 9. The summed E-state index contributed by atoms with van der Waals surface area (Å²) in [7, 11) is -1.91. The number of hydrogen-bond donors (Lipinski definition) is 2. The number of aromatic nitrogens is 1. The molecule has 2 N–H and O–H groups in total. The van der Waals surface area contributed by atoms with Crippen molar-refractivity contribution in [1.29, 1.82) is 0 Å². The van der Waals surface area contributed by atoms with Crippen LogP contribution in [0.1, 0.15) is 74.7 Å². The topological polar surface area (TPSA) is 134 Å². The molecule has 12 heteroatoms. The summed E-state index contributed by atoms with van der Waals surface area (Å²) in [5.41, 5.74) is 0.670. The first kappa shape index (κ1) is 33.2. The number of likely N-dealkylation sites (N-methyl/N-ethyl adjacent to an activating group) is 1. The third-order valence-electron chi connectivity index (χ3n) is 8.30. The van der Waals surface area contributed by atoms with E-state index in [9.17, 15) is 18.3 Å². The van der Waals surface area contributed by atoms with Crippen molar-refractivity contribution in [2.24, 2.45) is 11.8 Å². The van der Waals surface area contributed by atoms with Crippen molar-refractivity contribution in [3.8, 4) is 5.75 Å². The van der Waals surface area contributed by atoms with Gasteiger partial charge in [-0.3, -0.25) is 9.52 Å². The third-order valence-corrected chi connectivity index (χ3v) is 9.92. The third kappa shape index (κ3) is 8.71. The maximum Gasteiger partial charge on any atom is 0.267 e. The summed E-state index contributed by atoms with van der Waals surface area (Å²) in [6.07, 6.45) is 4.86. The number of carbonyl (C=O) groups excluding carboxylic acids is 1. The molecule has 2 heterocycles. The summed E-state index contributed by atoms with van der Waals surface area (Å²) in [6, 6.07) is 4.23. The summed E-state index contributed by atoms with van der Waals surface area (Å²) >= 11 is 0. The minimum atomic E-state index is -4.03. The fourth-order valence-electron chi connectivity index (χ4n) is 5.64. The molecule has 4 atom stereocenters. The van der Waals surface area contributed by atoms with Crippen molar-refractivity contribution < 1.29 is 32.3 Å². The summed E-state index contributed by atoms with van der Waals surface area (Å²) in [4.78, 5) is 18.2. The van der Waals surface area contributed by atoms with E-state index in [1.165, 1.54) is 25.8 Å². The van der Waals surface area contributed by atoms with Gasteiger partial charge in [0.05, 0.1) is 30.4 Å². The lowest BCUT2D eigenvalue weighted by Gasteiger charge is -2.36. The number of benzene rings is 1. The molecule has 4 rings (SSSR count). The zero-order chi connectivity index (χ0) is 31.3. The van der Waals surface area contributed by atoms with Crippen molar-refractivity contribution in [3.05, 3.63) is 35.2 Å². The molecule has 11 nitrogen and oxygen atoms in total. The molecule has 43 heavy (non-hydrogen) atoms. The van der Waals surface area contributed by atoms with Gasteiger partial charge in [-0.2, -0.15) is 0 Å². The molecule has 0 radical (unpaired) electrons. The Kier molecular flexibility index (Phi) is 11.1. The first-order valence-electron chi connectivity index (χ1n) is 15.4. The van der Waals surface area contributed by atoms with E-state index in [0.717, 1.165) is 38.3 Å². The molecule has 1 amide bonds. The molecule has 240 valence electrons. The number of sulfonamides is 1. The molecule has 1 aliphatic carbocycles. The van der Waals surface area contributed by atoms with Crippen LogP contribution in [0.3, 0.4) is 0 Å². The number of aliphatic hydroxyl groups is 1. The van der Waals surface area contributed by atoms with Crippen LogP contribution in [0.4, 0.5) is 5.69 Å². The smallest absolute Gasteiger partial charge is 0.267 e. The van der Waals surface area contributed by atoms with E-state index < -0.39 is 16.1 Å². The second-order valence-electron chi connectivity index (χ2n) is 12.4. The average Bonchev–Trinajstić information content (AvgIpc) is 3.69. The predicted molar refractivity (Wildman–Crippen MR) is 164 cm³/mol. The molecule has 1 fully saturated rings. The Morgan fingerprint density at radius 1 is 1.16 bits per heavy atom. The van der Waals surface area contributed by atoms with E-state index >= 15 is 0 Å².